The molecule has 0 fully saturated rings. The van der Waals surface area contributed by atoms with Crippen molar-refractivity contribution in [2.75, 3.05) is 12.4 Å². The first-order chi connectivity index (χ1) is 15.0. The van der Waals surface area contributed by atoms with Crippen LogP contribution in [-0.4, -0.2) is 13.0 Å². The zero-order chi connectivity index (χ0) is 22.2. The number of hydrogen-bond acceptors (Lipinski definition) is 4. The molecule has 3 rings (SSSR count). The molecule has 1 N–H and O–H groups in total. The van der Waals surface area contributed by atoms with Crippen LogP contribution >= 0.6 is 11.6 Å². The van der Waals surface area contributed by atoms with Crippen molar-refractivity contribution in [1.29, 1.82) is 5.26 Å². The van der Waals surface area contributed by atoms with Gasteiger partial charge in [-0.1, -0.05) is 35.9 Å². The Morgan fingerprint density at radius 1 is 1.13 bits per heavy atom. The van der Waals surface area contributed by atoms with E-state index < -0.39 is 11.7 Å². The van der Waals surface area contributed by atoms with Gasteiger partial charge in [0.2, 0.25) is 0 Å². The van der Waals surface area contributed by atoms with E-state index in [9.17, 15) is 14.4 Å². The topological polar surface area (TPSA) is 71.3 Å². The van der Waals surface area contributed by atoms with E-state index in [0.717, 1.165) is 5.56 Å². The Hall–Kier alpha value is -3.82. The van der Waals surface area contributed by atoms with Gasteiger partial charge in [0.25, 0.3) is 5.91 Å². The highest BCUT2D eigenvalue weighted by molar-refractivity contribution is 6.31. The van der Waals surface area contributed by atoms with Crippen molar-refractivity contribution in [3.05, 3.63) is 94.3 Å². The first kappa shape index (κ1) is 21.9. The van der Waals surface area contributed by atoms with Gasteiger partial charge in [0.1, 0.15) is 24.1 Å². The first-order valence-electron chi connectivity index (χ1n) is 9.23. The second-order valence-electron chi connectivity index (χ2n) is 6.42. The molecule has 0 saturated carbocycles. The number of nitrogens with one attached hydrogen (secondary N) is 1. The van der Waals surface area contributed by atoms with Crippen LogP contribution in [0.25, 0.3) is 6.08 Å². The third-order valence-corrected chi connectivity index (χ3v) is 4.68. The van der Waals surface area contributed by atoms with Crippen LogP contribution in [-0.2, 0) is 11.4 Å². The molecule has 0 aliphatic heterocycles. The zero-order valence-corrected chi connectivity index (χ0v) is 17.3. The zero-order valence-electron chi connectivity index (χ0n) is 16.6. The van der Waals surface area contributed by atoms with E-state index in [1.165, 1.54) is 37.5 Å². The van der Waals surface area contributed by atoms with Crippen LogP contribution in [0.4, 0.5) is 10.1 Å². The second-order valence-corrected chi connectivity index (χ2v) is 6.83. The lowest BCUT2D eigenvalue weighted by molar-refractivity contribution is -0.112. The standard InChI is InChI=1S/C24H18ClFN2O3/c1-30-22-11-6-16(13-23(22)31-15-17-4-2-3-5-21(17)25)12-18(14-27)24(29)28-20-9-7-19(26)8-10-20/h2-13H,15H2,1H3,(H,28,29)/b18-12-. The maximum atomic E-state index is 13.0. The predicted octanol–water partition coefficient (Wildman–Crippen LogP) is 5.61. The smallest absolute Gasteiger partial charge is 0.266 e. The van der Waals surface area contributed by atoms with Crippen molar-refractivity contribution in [3.8, 4) is 17.6 Å². The molecule has 0 atom stereocenters. The normalized spacial score (nSPS) is 10.8. The van der Waals surface area contributed by atoms with Crippen molar-refractivity contribution in [1.82, 2.24) is 0 Å². The summed E-state index contributed by atoms with van der Waals surface area (Å²) in [5.41, 5.74) is 1.64. The monoisotopic (exact) mass is 436 g/mol. The van der Waals surface area contributed by atoms with Gasteiger partial charge in [-0.2, -0.15) is 5.26 Å². The first-order valence-corrected chi connectivity index (χ1v) is 9.61. The number of amides is 1. The van der Waals surface area contributed by atoms with Crippen molar-refractivity contribution < 1.29 is 18.7 Å². The second kappa shape index (κ2) is 10.3. The number of anilines is 1. The molecule has 0 aromatic heterocycles. The van der Waals surface area contributed by atoms with Gasteiger partial charge in [-0.05, 0) is 54.1 Å². The van der Waals surface area contributed by atoms with Gasteiger partial charge in [-0.3, -0.25) is 4.79 Å². The van der Waals surface area contributed by atoms with E-state index >= 15 is 0 Å². The lowest BCUT2D eigenvalue weighted by Crippen LogP contribution is -2.13. The molecule has 0 spiro atoms. The van der Waals surface area contributed by atoms with Crippen LogP contribution in [0.1, 0.15) is 11.1 Å². The molecule has 31 heavy (non-hydrogen) atoms. The number of carbonyl (C=O) groups is 1. The lowest BCUT2D eigenvalue weighted by Gasteiger charge is -2.12. The van der Waals surface area contributed by atoms with Crippen molar-refractivity contribution >= 4 is 29.3 Å². The van der Waals surface area contributed by atoms with E-state index in [0.29, 0.717) is 27.8 Å². The minimum Gasteiger partial charge on any atom is -0.493 e. The molecule has 0 heterocycles. The van der Waals surface area contributed by atoms with Crippen LogP contribution in [0.15, 0.2) is 72.3 Å². The van der Waals surface area contributed by atoms with Crippen LogP contribution in [0, 0.1) is 17.1 Å². The van der Waals surface area contributed by atoms with Crippen LogP contribution < -0.4 is 14.8 Å². The summed E-state index contributed by atoms with van der Waals surface area (Å²) < 4.78 is 24.2. The summed E-state index contributed by atoms with van der Waals surface area (Å²) in [5.74, 6) is -0.0917. The van der Waals surface area contributed by atoms with Gasteiger partial charge in [0.05, 0.1) is 7.11 Å². The number of halogens is 2. The molecular formula is C24H18ClFN2O3. The summed E-state index contributed by atoms with van der Waals surface area (Å²) in [6, 6.07) is 19.5. The fourth-order valence-electron chi connectivity index (χ4n) is 2.71. The van der Waals surface area contributed by atoms with Crippen LogP contribution in [0.2, 0.25) is 5.02 Å². The van der Waals surface area contributed by atoms with Gasteiger partial charge in [-0.25, -0.2) is 4.39 Å². The molecule has 0 radical (unpaired) electrons. The van der Waals surface area contributed by atoms with Crippen molar-refractivity contribution in [2.45, 2.75) is 6.61 Å². The molecule has 0 unspecified atom stereocenters. The van der Waals surface area contributed by atoms with Gasteiger partial charge in [0, 0.05) is 16.3 Å². The van der Waals surface area contributed by atoms with E-state index in [1.54, 1.807) is 24.3 Å². The maximum Gasteiger partial charge on any atom is 0.266 e. The average Bonchev–Trinajstić information content (AvgIpc) is 2.78. The summed E-state index contributed by atoms with van der Waals surface area (Å²) in [7, 11) is 1.52. The maximum absolute atomic E-state index is 13.0. The molecule has 3 aromatic carbocycles. The molecule has 1 amide bonds. The molecule has 7 heteroatoms. The molecule has 0 bridgehead atoms. The minimum absolute atomic E-state index is 0.119. The van der Waals surface area contributed by atoms with E-state index in [-0.39, 0.29) is 12.2 Å². The molecule has 156 valence electrons. The average molecular weight is 437 g/mol. The van der Waals surface area contributed by atoms with Crippen LogP contribution in [0.5, 0.6) is 11.5 Å². The van der Waals surface area contributed by atoms with E-state index in [2.05, 4.69) is 5.32 Å². The highest BCUT2D eigenvalue weighted by atomic mass is 35.5. The summed E-state index contributed by atoms with van der Waals surface area (Å²) in [6.07, 6.45) is 1.43. The Labute approximate surface area is 184 Å². The Balaban J connectivity index is 1.80. The largest absolute Gasteiger partial charge is 0.493 e. The molecule has 0 saturated heterocycles. The predicted molar refractivity (Wildman–Crippen MR) is 117 cm³/mol. The van der Waals surface area contributed by atoms with Crippen molar-refractivity contribution in [3.63, 3.8) is 0 Å². The Bertz CT molecular complexity index is 1150. The Kier molecular flexibility index (Phi) is 7.26. The van der Waals surface area contributed by atoms with Crippen molar-refractivity contribution in [2.24, 2.45) is 0 Å². The number of nitriles is 1. The third kappa shape index (κ3) is 5.84. The van der Waals surface area contributed by atoms with E-state index in [1.807, 2.05) is 24.3 Å². The number of methoxy groups -OCH3 is 1. The lowest BCUT2D eigenvalue weighted by atomic mass is 10.1. The minimum atomic E-state index is -0.608. The Morgan fingerprint density at radius 2 is 1.87 bits per heavy atom. The van der Waals surface area contributed by atoms with Gasteiger partial charge in [0.15, 0.2) is 11.5 Å². The molecule has 0 aliphatic carbocycles. The van der Waals surface area contributed by atoms with Gasteiger partial charge < -0.3 is 14.8 Å². The number of carbonyl (C=O) groups excluding carboxylic acids is 1. The molecule has 3 aromatic rings. The molecule has 5 nitrogen and oxygen atoms in total. The highest BCUT2D eigenvalue weighted by Crippen LogP contribution is 2.30. The number of rotatable bonds is 7. The van der Waals surface area contributed by atoms with Gasteiger partial charge in [-0.15, -0.1) is 0 Å². The van der Waals surface area contributed by atoms with Crippen LogP contribution in [0.3, 0.4) is 0 Å². The van der Waals surface area contributed by atoms with Gasteiger partial charge >= 0.3 is 0 Å². The fourth-order valence-corrected chi connectivity index (χ4v) is 2.90. The number of hydrogen-bond donors (Lipinski definition) is 1. The summed E-state index contributed by atoms with van der Waals surface area (Å²) in [4.78, 5) is 12.4. The summed E-state index contributed by atoms with van der Waals surface area (Å²) >= 11 is 6.17. The summed E-state index contributed by atoms with van der Waals surface area (Å²) in [6.45, 7) is 0.222. The number of ether oxygens (including phenoxy) is 2. The fraction of sp³-hybridized carbons (Fsp3) is 0.0833. The SMILES string of the molecule is COc1ccc(/C=C(/C#N)C(=O)Nc2ccc(F)cc2)cc1OCc1ccccc1Cl. The highest BCUT2D eigenvalue weighted by Gasteiger charge is 2.12. The Morgan fingerprint density at radius 3 is 2.55 bits per heavy atom. The number of benzene rings is 3. The molecular weight excluding hydrogens is 419 g/mol. The molecule has 0 aliphatic rings. The van der Waals surface area contributed by atoms with E-state index in [4.69, 9.17) is 21.1 Å². The third-order valence-electron chi connectivity index (χ3n) is 4.31. The quantitative estimate of drug-likeness (QED) is 0.386. The number of nitrogens with zero attached hydrogens (tertiary/aromatic N) is 1. The summed E-state index contributed by atoms with van der Waals surface area (Å²) in [5, 5.41) is 12.6.